The lowest BCUT2D eigenvalue weighted by atomic mass is 9.68. The molecule has 1 heterocycles. The highest BCUT2D eigenvalue weighted by atomic mass is 16.5. The van der Waals surface area contributed by atoms with Gasteiger partial charge in [0.25, 0.3) is 0 Å². The second-order valence-corrected chi connectivity index (χ2v) is 6.49. The Balaban J connectivity index is 1.93. The van der Waals surface area contributed by atoms with Gasteiger partial charge in [-0.3, -0.25) is 4.79 Å². The number of fused-ring (bicyclic) bond motifs is 1. The van der Waals surface area contributed by atoms with Gasteiger partial charge in [0.15, 0.2) is 0 Å². The van der Waals surface area contributed by atoms with Crippen molar-refractivity contribution in [2.24, 2.45) is 11.3 Å². The van der Waals surface area contributed by atoms with E-state index in [0.29, 0.717) is 5.78 Å². The van der Waals surface area contributed by atoms with E-state index >= 15 is 0 Å². The van der Waals surface area contributed by atoms with Crippen LogP contribution in [0.5, 0.6) is 0 Å². The first-order valence-corrected chi connectivity index (χ1v) is 7.33. The summed E-state index contributed by atoms with van der Waals surface area (Å²) >= 11 is 0. The highest BCUT2D eigenvalue weighted by molar-refractivity contribution is 5.87. The maximum absolute atomic E-state index is 12.7. The van der Waals surface area contributed by atoms with Gasteiger partial charge in [0.2, 0.25) is 0 Å². The zero-order valence-corrected chi connectivity index (χ0v) is 11.8. The lowest BCUT2D eigenvalue weighted by Crippen LogP contribution is -2.40. The summed E-state index contributed by atoms with van der Waals surface area (Å²) in [4.78, 5) is 12.7. The fourth-order valence-electron chi connectivity index (χ4n) is 3.57. The first kappa shape index (κ1) is 12.9. The van der Waals surface area contributed by atoms with Crippen LogP contribution in [0.15, 0.2) is 24.3 Å². The zero-order chi connectivity index (χ0) is 13.5. The first-order valence-electron chi connectivity index (χ1n) is 7.33. The van der Waals surface area contributed by atoms with Gasteiger partial charge in [0.1, 0.15) is 5.78 Å². The number of ether oxygens (including phenoxy) is 1. The molecule has 1 fully saturated rings. The van der Waals surface area contributed by atoms with Crippen LogP contribution in [0.2, 0.25) is 0 Å². The van der Waals surface area contributed by atoms with Crippen molar-refractivity contribution in [3.63, 3.8) is 0 Å². The minimum absolute atomic E-state index is 0.0166. The molecule has 2 heteroatoms. The Morgan fingerprint density at radius 3 is 2.89 bits per heavy atom. The molecule has 3 rings (SSSR count). The predicted octanol–water partition coefficient (Wildman–Crippen LogP) is 3.70. The van der Waals surface area contributed by atoms with Crippen molar-refractivity contribution in [2.75, 3.05) is 6.61 Å². The van der Waals surface area contributed by atoms with Crippen molar-refractivity contribution >= 4 is 5.78 Å². The molecule has 0 bridgehead atoms. The third kappa shape index (κ3) is 2.23. The predicted molar refractivity (Wildman–Crippen MR) is 75.0 cm³/mol. The largest absolute Gasteiger partial charge is 0.372 e. The fourth-order valence-corrected chi connectivity index (χ4v) is 3.57. The van der Waals surface area contributed by atoms with Gasteiger partial charge in [0.05, 0.1) is 12.7 Å². The van der Waals surface area contributed by atoms with Crippen LogP contribution in [0, 0.1) is 11.3 Å². The number of ketones is 1. The molecule has 0 saturated heterocycles. The van der Waals surface area contributed by atoms with E-state index in [-0.39, 0.29) is 17.4 Å². The minimum Gasteiger partial charge on any atom is -0.372 e. The lowest BCUT2D eigenvalue weighted by molar-refractivity contribution is -0.141. The molecule has 1 aliphatic heterocycles. The summed E-state index contributed by atoms with van der Waals surface area (Å²) in [6.45, 7) is 4.90. The average Bonchev–Trinajstić information content (AvgIpc) is 2.41. The molecule has 1 aliphatic carbocycles. The summed E-state index contributed by atoms with van der Waals surface area (Å²) in [7, 11) is 0. The van der Waals surface area contributed by atoms with Crippen LogP contribution >= 0.6 is 0 Å². The fraction of sp³-hybridized carbons (Fsp3) is 0.588. The molecule has 1 aromatic carbocycles. The smallest absolute Gasteiger partial charge is 0.144 e. The van der Waals surface area contributed by atoms with Crippen LogP contribution in [0.1, 0.15) is 50.3 Å². The Bertz CT molecular complexity index is 490. The second kappa shape index (κ2) is 4.75. The summed E-state index contributed by atoms with van der Waals surface area (Å²) in [5, 5.41) is 0. The summed E-state index contributed by atoms with van der Waals surface area (Å²) < 4.78 is 5.99. The Hall–Kier alpha value is -1.15. The van der Waals surface area contributed by atoms with E-state index in [2.05, 4.69) is 38.1 Å². The molecular weight excluding hydrogens is 236 g/mol. The molecule has 1 saturated carbocycles. The Morgan fingerprint density at radius 1 is 1.26 bits per heavy atom. The molecule has 0 amide bonds. The number of benzene rings is 1. The average molecular weight is 258 g/mol. The van der Waals surface area contributed by atoms with E-state index in [9.17, 15) is 4.79 Å². The maximum Gasteiger partial charge on any atom is 0.144 e. The Kier molecular flexibility index (Phi) is 3.22. The highest BCUT2D eigenvalue weighted by Gasteiger charge is 2.42. The molecule has 0 N–H and O–H groups in total. The number of Topliss-reactive ketones (excluding diaryl/α,β-unsaturated/α-hetero) is 1. The first-order chi connectivity index (χ1) is 9.09. The molecule has 2 nitrogen and oxygen atoms in total. The van der Waals surface area contributed by atoms with E-state index in [1.807, 2.05) is 0 Å². The van der Waals surface area contributed by atoms with Gasteiger partial charge in [-0.25, -0.2) is 0 Å². The summed E-state index contributed by atoms with van der Waals surface area (Å²) in [5.41, 5.74) is 2.42. The van der Waals surface area contributed by atoms with E-state index in [1.54, 1.807) is 0 Å². The van der Waals surface area contributed by atoms with Gasteiger partial charge in [-0.05, 0) is 30.4 Å². The van der Waals surface area contributed by atoms with Gasteiger partial charge in [-0.15, -0.1) is 0 Å². The van der Waals surface area contributed by atoms with Crippen molar-refractivity contribution in [3.05, 3.63) is 35.4 Å². The highest BCUT2D eigenvalue weighted by Crippen LogP contribution is 2.44. The Morgan fingerprint density at radius 2 is 2.05 bits per heavy atom. The molecular formula is C17H22O2. The van der Waals surface area contributed by atoms with Gasteiger partial charge in [0, 0.05) is 11.3 Å². The van der Waals surface area contributed by atoms with Gasteiger partial charge in [-0.1, -0.05) is 44.5 Å². The molecule has 1 aromatic rings. The second-order valence-electron chi connectivity index (χ2n) is 6.49. The number of hydrogen-bond donors (Lipinski definition) is 0. The van der Waals surface area contributed by atoms with Crippen molar-refractivity contribution in [2.45, 2.75) is 45.6 Å². The monoisotopic (exact) mass is 258 g/mol. The van der Waals surface area contributed by atoms with Crippen LogP contribution in [0.25, 0.3) is 0 Å². The third-order valence-electron chi connectivity index (χ3n) is 4.72. The minimum atomic E-state index is -0.182. The van der Waals surface area contributed by atoms with Crippen molar-refractivity contribution in [1.29, 1.82) is 0 Å². The SMILES string of the molecule is CC1(C)CCCC(C2OCCc3ccccc32)C1=O. The van der Waals surface area contributed by atoms with Crippen LogP contribution in [0.4, 0.5) is 0 Å². The standard InChI is InChI=1S/C17H22O2/c1-17(2)10-5-8-14(16(17)18)15-13-7-4-3-6-12(13)9-11-19-15/h3-4,6-7,14-15H,5,8-11H2,1-2H3. The van der Waals surface area contributed by atoms with Crippen LogP contribution < -0.4 is 0 Å². The van der Waals surface area contributed by atoms with E-state index in [0.717, 1.165) is 32.3 Å². The van der Waals surface area contributed by atoms with E-state index < -0.39 is 0 Å². The molecule has 0 aromatic heterocycles. The molecule has 2 unspecified atom stereocenters. The third-order valence-corrected chi connectivity index (χ3v) is 4.72. The van der Waals surface area contributed by atoms with E-state index in [1.165, 1.54) is 11.1 Å². The molecule has 0 spiro atoms. The molecule has 102 valence electrons. The summed E-state index contributed by atoms with van der Waals surface area (Å²) in [6.07, 6.45) is 4.07. The molecule has 2 aliphatic rings. The van der Waals surface area contributed by atoms with Crippen molar-refractivity contribution < 1.29 is 9.53 Å². The topological polar surface area (TPSA) is 26.3 Å². The lowest BCUT2D eigenvalue weighted by Gasteiger charge is -2.39. The Labute approximate surface area is 115 Å². The van der Waals surface area contributed by atoms with Crippen molar-refractivity contribution in [1.82, 2.24) is 0 Å². The molecule has 2 atom stereocenters. The van der Waals surface area contributed by atoms with Crippen molar-refractivity contribution in [3.8, 4) is 0 Å². The number of carbonyl (C=O) groups is 1. The van der Waals surface area contributed by atoms with Gasteiger partial charge in [-0.2, -0.15) is 0 Å². The van der Waals surface area contributed by atoms with Crippen LogP contribution in [-0.2, 0) is 16.0 Å². The van der Waals surface area contributed by atoms with Crippen LogP contribution in [-0.4, -0.2) is 12.4 Å². The summed E-state index contributed by atoms with van der Waals surface area (Å²) in [6, 6.07) is 8.43. The normalized spacial score (nSPS) is 29.9. The zero-order valence-electron chi connectivity index (χ0n) is 11.8. The number of carbonyl (C=O) groups excluding carboxylic acids is 1. The molecule has 0 radical (unpaired) electrons. The van der Waals surface area contributed by atoms with Gasteiger partial charge < -0.3 is 4.74 Å². The molecule has 19 heavy (non-hydrogen) atoms. The number of rotatable bonds is 1. The van der Waals surface area contributed by atoms with Gasteiger partial charge >= 0.3 is 0 Å². The maximum atomic E-state index is 12.7. The van der Waals surface area contributed by atoms with Crippen LogP contribution in [0.3, 0.4) is 0 Å². The van der Waals surface area contributed by atoms with E-state index in [4.69, 9.17) is 4.74 Å². The quantitative estimate of drug-likeness (QED) is 0.768. The number of hydrogen-bond acceptors (Lipinski definition) is 2. The summed E-state index contributed by atoms with van der Waals surface area (Å²) in [5.74, 6) is 0.436.